The summed E-state index contributed by atoms with van der Waals surface area (Å²) in [6, 6.07) is 4.17. The van der Waals surface area contributed by atoms with E-state index in [0.717, 1.165) is 20.9 Å². The molecule has 0 aliphatic heterocycles. The van der Waals surface area contributed by atoms with Crippen molar-refractivity contribution in [1.82, 2.24) is 4.98 Å². The quantitative estimate of drug-likeness (QED) is 0.942. The lowest BCUT2D eigenvalue weighted by Crippen LogP contribution is -2.11. The van der Waals surface area contributed by atoms with E-state index in [1.54, 1.807) is 22.7 Å². The van der Waals surface area contributed by atoms with Gasteiger partial charge in [-0.1, -0.05) is 0 Å². The molecule has 2 N–H and O–H groups in total. The predicted octanol–water partition coefficient (Wildman–Crippen LogP) is 3.52. The lowest BCUT2D eigenvalue weighted by molar-refractivity contribution is 0.731. The largest absolute Gasteiger partial charge is 0.323 e. The SMILES string of the molecule is Cc1csc(CC(N)c2ccc(Br)s2)n1. The van der Waals surface area contributed by atoms with Gasteiger partial charge in [-0.05, 0) is 35.0 Å². The lowest BCUT2D eigenvalue weighted by atomic mass is 10.2. The smallest absolute Gasteiger partial charge is 0.0947 e. The molecule has 0 saturated heterocycles. The van der Waals surface area contributed by atoms with Crippen LogP contribution in [0.3, 0.4) is 0 Å². The summed E-state index contributed by atoms with van der Waals surface area (Å²) in [6.45, 7) is 2.01. The summed E-state index contributed by atoms with van der Waals surface area (Å²) in [4.78, 5) is 5.62. The number of hydrogen-bond donors (Lipinski definition) is 1. The summed E-state index contributed by atoms with van der Waals surface area (Å²) in [6.07, 6.45) is 0.825. The summed E-state index contributed by atoms with van der Waals surface area (Å²) in [5.41, 5.74) is 7.18. The number of aryl methyl sites for hydroxylation is 1. The first-order valence-corrected chi connectivity index (χ1v) is 7.06. The molecular formula is C10H11BrN2S2. The van der Waals surface area contributed by atoms with Gasteiger partial charge in [-0.3, -0.25) is 0 Å². The number of aromatic nitrogens is 1. The van der Waals surface area contributed by atoms with Crippen LogP contribution in [-0.4, -0.2) is 4.98 Å². The third kappa shape index (κ3) is 2.87. The Balaban J connectivity index is 2.06. The molecular weight excluding hydrogens is 292 g/mol. The Hall–Kier alpha value is -0.230. The zero-order valence-corrected chi connectivity index (χ0v) is 11.5. The Labute approximate surface area is 105 Å². The fourth-order valence-corrected chi connectivity index (χ4v) is 3.57. The van der Waals surface area contributed by atoms with Gasteiger partial charge in [0.25, 0.3) is 0 Å². The first-order valence-electron chi connectivity index (χ1n) is 4.57. The van der Waals surface area contributed by atoms with Crippen LogP contribution in [0.15, 0.2) is 21.3 Å². The van der Waals surface area contributed by atoms with Gasteiger partial charge in [0.15, 0.2) is 0 Å². The van der Waals surface area contributed by atoms with E-state index in [1.807, 2.05) is 13.0 Å². The molecule has 0 saturated carbocycles. The van der Waals surface area contributed by atoms with Gasteiger partial charge in [-0.2, -0.15) is 0 Å². The minimum atomic E-state index is 0.0619. The summed E-state index contributed by atoms with van der Waals surface area (Å²) >= 11 is 6.81. The molecule has 2 nitrogen and oxygen atoms in total. The molecule has 2 rings (SSSR count). The second kappa shape index (κ2) is 4.74. The molecule has 15 heavy (non-hydrogen) atoms. The average Bonchev–Trinajstić information content (AvgIpc) is 2.75. The number of halogens is 1. The van der Waals surface area contributed by atoms with E-state index < -0.39 is 0 Å². The van der Waals surface area contributed by atoms with Crippen molar-refractivity contribution in [3.63, 3.8) is 0 Å². The molecule has 0 aromatic carbocycles. The Morgan fingerprint density at radius 2 is 2.33 bits per heavy atom. The van der Waals surface area contributed by atoms with Crippen molar-refractivity contribution in [3.05, 3.63) is 36.9 Å². The first kappa shape index (κ1) is 11.3. The molecule has 1 atom stereocenters. The molecule has 0 amide bonds. The van der Waals surface area contributed by atoms with E-state index >= 15 is 0 Å². The van der Waals surface area contributed by atoms with Crippen molar-refractivity contribution in [1.29, 1.82) is 0 Å². The third-order valence-corrected chi connectivity index (χ3v) is 4.77. The second-order valence-corrected chi connectivity index (χ2v) is 6.77. The van der Waals surface area contributed by atoms with Crippen molar-refractivity contribution in [2.45, 2.75) is 19.4 Å². The lowest BCUT2D eigenvalue weighted by Gasteiger charge is -2.06. The maximum Gasteiger partial charge on any atom is 0.0947 e. The monoisotopic (exact) mass is 302 g/mol. The van der Waals surface area contributed by atoms with E-state index in [-0.39, 0.29) is 6.04 Å². The van der Waals surface area contributed by atoms with Crippen molar-refractivity contribution in [2.24, 2.45) is 5.73 Å². The summed E-state index contributed by atoms with van der Waals surface area (Å²) < 4.78 is 1.13. The Bertz CT molecular complexity index is 450. The Morgan fingerprint density at radius 1 is 1.53 bits per heavy atom. The van der Waals surface area contributed by atoms with E-state index in [1.165, 1.54) is 4.88 Å². The van der Waals surface area contributed by atoms with E-state index in [0.29, 0.717) is 0 Å². The summed E-state index contributed by atoms with van der Waals surface area (Å²) in [5.74, 6) is 0. The third-order valence-electron chi connectivity index (χ3n) is 2.02. The molecule has 0 aliphatic rings. The maximum atomic E-state index is 6.11. The highest BCUT2D eigenvalue weighted by Crippen LogP contribution is 2.28. The Morgan fingerprint density at radius 3 is 2.87 bits per heavy atom. The van der Waals surface area contributed by atoms with Crippen LogP contribution in [-0.2, 0) is 6.42 Å². The van der Waals surface area contributed by atoms with Gasteiger partial charge >= 0.3 is 0 Å². The molecule has 2 heterocycles. The predicted molar refractivity (Wildman–Crippen MR) is 69.5 cm³/mol. The van der Waals surface area contributed by atoms with Crippen LogP contribution in [0.5, 0.6) is 0 Å². The standard InChI is InChI=1S/C10H11BrN2S2/c1-6-5-14-10(13-6)4-7(12)8-2-3-9(11)15-8/h2-3,5,7H,4,12H2,1H3. The van der Waals surface area contributed by atoms with E-state index in [4.69, 9.17) is 5.73 Å². The van der Waals surface area contributed by atoms with Gasteiger partial charge in [0.2, 0.25) is 0 Å². The zero-order valence-electron chi connectivity index (χ0n) is 8.24. The minimum Gasteiger partial charge on any atom is -0.323 e. The van der Waals surface area contributed by atoms with Crippen LogP contribution in [0.2, 0.25) is 0 Å². The minimum absolute atomic E-state index is 0.0619. The highest BCUT2D eigenvalue weighted by Gasteiger charge is 2.11. The number of nitrogens with zero attached hydrogens (tertiary/aromatic N) is 1. The molecule has 0 bridgehead atoms. The van der Waals surface area contributed by atoms with Gasteiger partial charge in [-0.15, -0.1) is 22.7 Å². The van der Waals surface area contributed by atoms with Crippen molar-refractivity contribution >= 4 is 38.6 Å². The fourth-order valence-electron chi connectivity index (χ4n) is 1.31. The van der Waals surface area contributed by atoms with Crippen molar-refractivity contribution in [2.75, 3.05) is 0 Å². The number of thiophene rings is 1. The van der Waals surface area contributed by atoms with Crippen LogP contribution >= 0.6 is 38.6 Å². The van der Waals surface area contributed by atoms with Gasteiger partial charge < -0.3 is 5.73 Å². The molecule has 2 aromatic heterocycles. The Kier molecular flexibility index (Phi) is 3.56. The van der Waals surface area contributed by atoms with E-state index in [9.17, 15) is 0 Å². The van der Waals surface area contributed by atoms with E-state index in [2.05, 4.69) is 32.4 Å². The van der Waals surface area contributed by atoms with Crippen LogP contribution in [0.25, 0.3) is 0 Å². The summed E-state index contributed by atoms with van der Waals surface area (Å²) in [5, 5.41) is 3.18. The number of nitrogens with two attached hydrogens (primary N) is 1. The van der Waals surface area contributed by atoms with Crippen LogP contribution < -0.4 is 5.73 Å². The van der Waals surface area contributed by atoms with Crippen LogP contribution in [0.1, 0.15) is 21.6 Å². The molecule has 0 radical (unpaired) electrons. The zero-order chi connectivity index (χ0) is 10.8. The highest BCUT2D eigenvalue weighted by molar-refractivity contribution is 9.11. The van der Waals surface area contributed by atoms with Crippen LogP contribution in [0, 0.1) is 6.92 Å². The fraction of sp³-hybridized carbons (Fsp3) is 0.300. The molecule has 0 spiro atoms. The molecule has 5 heteroatoms. The number of rotatable bonds is 3. The molecule has 1 unspecified atom stereocenters. The molecule has 0 aliphatic carbocycles. The summed E-state index contributed by atoms with van der Waals surface area (Å²) in [7, 11) is 0. The number of hydrogen-bond acceptors (Lipinski definition) is 4. The molecule has 0 fully saturated rings. The number of thiazole rings is 1. The molecule has 2 aromatic rings. The van der Waals surface area contributed by atoms with Gasteiger partial charge in [0.1, 0.15) is 0 Å². The first-order chi connectivity index (χ1) is 7.15. The molecule has 80 valence electrons. The maximum absolute atomic E-state index is 6.11. The highest BCUT2D eigenvalue weighted by atomic mass is 79.9. The van der Waals surface area contributed by atoms with Gasteiger partial charge in [0, 0.05) is 28.4 Å². The van der Waals surface area contributed by atoms with Crippen LogP contribution in [0.4, 0.5) is 0 Å². The topological polar surface area (TPSA) is 38.9 Å². The second-order valence-electron chi connectivity index (χ2n) is 3.34. The van der Waals surface area contributed by atoms with Gasteiger partial charge in [-0.25, -0.2) is 4.98 Å². The average molecular weight is 303 g/mol. The normalized spacial score (nSPS) is 13.0. The van der Waals surface area contributed by atoms with Crippen molar-refractivity contribution < 1.29 is 0 Å². The van der Waals surface area contributed by atoms with Gasteiger partial charge in [0.05, 0.1) is 8.79 Å². The van der Waals surface area contributed by atoms with Crippen molar-refractivity contribution in [3.8, 4) is 0 Å².